The van der Waals surface area contributed by atoms with Crippen molar-refractivity contribution in [3.8, 4) is 17.2 Å². The highest BCUT2D eigenvalue weighted by Crippen LogP contribution is 2.62. The first-order chi connectivity index (χ1) is 17.8. The Labute approximate surface area is 213 Å². The van der Waals surface area contributed by atoms with E-state index >= 15 is 0 Å². The summed E-state index contributed by atoms with van der Waals surface area (Å²) >= 11 is 0. The zero-order valence-corrected chi connectivity index (χ0v) is 20.8. The molecule has 11 nitrogen and oxygen atoms in total. The van der Waals surface area contributed by atoms with Crippen molar-refractivity contribution in [1.29, 1.82) is 0 Å². The Morgan fingerprint density at radius 3 is 2.51 bits per heavy atom. The number of rotatable bonds is 5. The fourth-order valence-corrected chi connectivity index (χ4v) is 7.24. The van der Waals surface area contributed by atoms with Gasteiger partial charge in [-0.3, -0.25) is 20.2 Å². The molecule has 1 saturated carbocycles. The average molecular weight is 512 g/mol. The predicted molar refractivity (Wildman–Crippen MR) is 131 cm³/mol. The van der Waals surface area contributed by atoms with Crippen LogP contribution >= 0.6 is 0 Å². The fourth-order valence-electron chi connectivity index (χ4n) is 7.24. The third-order valence-electron chi connectivity index (χ3n) is 8.80. The summed E-state index contributed by atoms with van der Waals surface area (Å²) in [6.07, 6.45) is 4.12. The maximum absolute atomic E-state index is 11.9. The maximum atomic E-state index is 11.9. The minimum Gasteiger partial charge on any atom is -0.493 e. The summed E-state index contributed by atoms with van der Waals surface area (Å²) in [6, 6.07) is 7.68. The van der Waals surface area contributed by atoms with Crippen molar-refractivity contribution >= 4 is 11.4 Å². The third-order valence-corrected chi connectivity index (χ3v) is 8.80. The lowest BCUT2D eigenvalue weighted by molar-refractivity contribution is -0.394. The van der Waals surface area contributed by atoms with Crippen LogP contribution in [0.15, 0.2) is 30.3 Å². The normalized spacial score (nSPS) is 27.8. The number of nitrogens with zero attached hydrogens (tertiary/aromatic N) is 3. The van der Waals surface area contributed by atoms with Crippen LogP contribution in [-0.2, 0) is 21.3 Å². The van der Waals surface area contributed by atoms with Gasteiger partial charge in [0, 0.05) is 35.9 Å². The molecule has 0 radical (unpaired) electrons. The second-order valence-corrected chi connectivity index (χ2v) is 10.5. The summed E-state index contributed by atoms with van der Waals surface area (Å²) in [5.41, 5.74) is 0.938. The van der Waals surface area contributed by atoms with E-state index in [4.69, 9.17) is 18.9 Å². The van der Waals surface area contributed by atoms with E-state index in [0.29, 0.717) is 43.1 Å². The van der Waals surface area contributed by atoms with Crippen molar-refractivity contribution in [2.75, 3.05) is 33.9 Å². The van der Waals surface area contributed by atoms with E-state index in [9.17, 15) is 20.2 Å². The van der Waals surface area contributed by atoms with Crippen LogP contribution in [0.4, 0.5) is 11.4 Å². The first kappa shape index (κ1) is 24.1. The van der Waals surface area contributed by atoms with E-state index in [1.54, 1.807) is 7.11 Å². The number of likely N-dealkylation sites (tertiary alicyclic amines) is 1. The Hall–Kier alpha value is -3.28. The Morgan fingerprint density at radius 1 is 1.05 bits per heavy atom. The van der Waals surface area contributed by atoms with Crippen LogP contribution in [0.1, 0.15) is 36.8 Å². The van der Waals surface area contributed by atoms with Gasteiger partial charge in [-0.1, -0.05) is 6.07 Å². The summed E-state index contributed by atoms with van der Waals surface area (Å²) in [5.74, 6) is 0.512. The van der Waals surface area contributed by atoms with E-state index in [1.165, 1.54) is 12.1 Å². The number of piperidine rings is 1. The number of likely N-dealkylation sites (N-methyl/N-ethyl adjacent to an activating group) is 1. The largest absolute Gasteiger partial charge is 0.493 e. The van der Waals surface area contributed by atoms with Gasteiger partial charge in [-0.25, -0.2) is 0 Å². The van der Waals surface area contributed by atoms with Crippen molar-refractivity contribution in [2.45, 2.75) is 49.3 Å². The molecule has 2 aromatic rings. The van der Waals surface area contributed by atoms with E-state index in [-0.39, 0.29) is 16.9 Å². The van der Waals surface area contributed by atoms with Gasteiger partial charge in [-0.05, 0) is 56.5 Å². The van der Waals surface area contributed by atoms with Crippen LogP contribution in [0, 0.1) is 26.1 Å². The van der Waals surface area contributed by atoms with Crippen LogP contribution < -0.4 is 9.47 Å². The fraction of sp³-hybridized carbons (Fsp3) is 0.538. The van der Waals surface area contributed by atoms with Crippen LogP contribution in [0.25, 0.3) is 0 Å². The number of hydrogen-bond acceptors (Lipinski definition) is 9. The highest BCUT2D eigenvalue weighted by Gasteiger charge is 2.61. The van der Waals surface area contributed by atoms with Gasteiger partial charge in [0.25, 0.3) is 5.69 Å². The van der Waals surface area contributed by atoms with Gasteiger partial charge >= 0.3 is 5.69 Å². The minimum atomic E-state index is -0.660. The third kappa shape index (κ3) is 3.67. The molecule has 0 amide bonds. The lowest BCUT2D eigenvalue weighted by Crippen LogP contribution is -2.63. The lowest BCUT2D eigenvalue weighted by Gasteiger charge is -2.61. The van der Waals surface area contributed by atoms with Crippen molar-refractivity contribution in [3.63, 3.8) is 0 Å². The molecule has 0 aromatic heterocycles. The molecule has 196 valence electrons. The highest BCUT2D eigenvalue weighted by molar-refractivity contribution is 5.61. The van der Waals surface area contributed by atoms with Gasteiger partial charge in [-0.2, -0.15) is 0 Å². The van der Waals surface area contributed by atoms with Crippen LogP contribution in [-0.4, -0.2) is 60.5 Å². The molecular weight excluding hydrogens is 482 g/mol. The molecule has 4 aliphatic rings. The molecular formula is C26H29N3O8. The number of ether oxygens (including phenoxy) is 4. The molecule has 3 atom stereocenters. The van der Waals surface area contributed by atoms with E-state index < -0.39 is 21.3 Å². The Kier molecular flexibility index (Phi) is 5.62. The van der Waals surface area contributed by atoms with Crippen molar-refractivity contribution in [2.24, 2.45) is 5.92 Å². The Bertz CT molecular complexity index is 1280. The molecule has 1 spiro atoms. The molecule has 2 bridgehead atoms. The first-order valence-electron chi connectivity index (χ1n) is 12.6. The Morgan fingerprint density at radius 2 is 1.81 bits per heavy atom. The van der Waals surface area contributed by atoms with Crippen LogP contribution in [0.3, 0.4) is 0 Å². The number of nitro groups is 2. The van der Waals surface area contributed by atoms with E-state index in [0.717, 1.165) is 49.4 Å². The molecule has 2 aromatic carbocycles. The van der Waals surface area contributed by atoms with E-state index in [2.05, 4.69) is 18.0 Å². The predicted octanol–water partition coefficient (Wildman–Crippen LogP) is 4.35. The van der Waals surface area contributed by atoms with Crippen LogP contribution in [0.5, 0.6) is 17.2 Å². The van der Waals surface area contributed by atoms with Gasteiger partial charge in [0.2, 0.25) is 5.75 Å². The maximum Gasteiger partial charge on any atom is 0.318 e. The summed E-state index contributed by atoms with van der Waals surface area (Å²) < 4.78 is 24.5. The molecule has 2 saturated heterocycles. The van der Waals surface area contributed by atoms with E-state index in [1.807, 2.05) is 6.07 Å². The second kappa shape index (κ2) is 8.64. The number of fused-ring (bicyclic) bond motifs is 1. The molecule has 0 unspecified atom stereocenters. The highest BCUT2D eigenvalue weighted by atomic mass is 16.7. The standard InChI is InChI=1S/C26H29N3O8/c1-27-10-9-25-15-26(35-11-12-36-26)8-7-18(25)19(27)13-16-3-5-22(34-2)24(23(16)25)37-21-6-4-17(28(30)31)14-20(21)29(32)33/h3-6,14,18-19H,7-13,15H2,1-2H3/t18-,19+,25+/m1/s1. The molecule has 0 N–H and O–H groups in total. The van der Waals surface area contributed by atoms with Crippen molar-refractivity contribution < 1.29 is 28.8 Å². The van der Waals surface area contributed by atoms with Gasteiger partial charge in [-0.15, -0.1) is 0 Å². The monoisotopic (exact) mass is 511 g/mol. The number of methoxy groups -OCH3 is 1. The molecule has 2 aliphatic carbocycles. The zero-order valence-electron chi connectivity index (χ0n) is 20.8. The topological polar surface area (TPSA) is 126 Å². The zero-order chi connectivity index (χ0) is 25.9. The number of benzene rings is 2. The minimum absolute atomic E-state index is 0.0656. The summed E-state index contributed by atoms with van der Waals surface area (Å²) in [5, 5.41) is 23.1. The first-order valence-corrected chi connectivity index (χ1v) is 12.6. The second-order valence-electron chi connectivity index (χ2n) is 10.5. The Balaban J connectivity index is 1.53. The van der Waals surface area contributed by atoms with Gasteiger partial charge < -0.3 is 23.8 Å². The molecule has 2 heterocycles. The summed E-state index contributed by atoms with van der Waals surface area (Å²) in [6.45, 7) is 2.02. The average Bonchev–Trinajstić information content (AvgIpc) is 3.33. The smallest absolute Gasteiger partial charge is 0.318 e. The number of non-ortho nitro benzene ring substituents is 1. The molecule has 3 fully saturated rings. The number of hydrogen-bond donors (Lipinski definition) is 0. The molecule has 2 aliphatic heterocycles. The molecule has 37 heavy (non-hydrogen) atoms. The van der Waals surface area contributed by atoms with Crippen molar-refractivity contribution in [1.82, 2.24) is 4.90 Å². The molecule has 11 heteroatoms. The quantitative estimate of drug-likeness (QED) is 0.425. The SMILES string of the molecule is COc1ccc2c(c1Oc1ccc([N+](=O)[O-])cc1[N+](=O)[O-])[C@]13CCN(C)[C@@H](C2)[C@H]1CCC1(C3)OCCO1. The summed E-state index contributed by atoms with van der Waals surface area (Å²) in [4.78, 5) is 24.2. The summed E-state index contributed by atoms with van der Waals surface area (Å²) in [7, 11) is 3.72. The van der Waals surface area contributed by atoms with Crippen LogP contribution in [0.2, 0.25) is 0 Å². The molecule has 6 rings (SSSR count). The van der Waals surface area contributed by atoms with Gasteiger partial charge in [0.15, 0.2) is 17.3 Å². The van der Waals surface area contributed by atoms with Gasteiger partial charge in [0.05, 0.1) is 36.2 Å². The number of nitro benzene ring substituents is 2. The lowest BCUT2D eigenvalue weighted by atomic mass is 9.51. The van der Waals surface area contributed by atoms with Gasteiger partial charge in [0.1, 0.15) is 0 Å². The van der Waals surface area contributed by atoms with Crippen molar-refractivity contribution in [3.05, 3.63) is 61.7 Å².